The standard InChI is InChI=1S/C19H30N2O2/c1-7-17(8-15(4)20-5)21-18-9-16(10-19(11-18)22-6)13-23-12-14(2)3/h7-11,14,20-21H,12-13H2,1-6H3/b15-8+,17-7+. The van der Waals surface area contributed by atoms with Crippen molar-refractivity contribution in [3.63, 3.8) is 0 Å². The summed E-state index contributed by atoms with van der Waals surface area (Å²) in [7, 11) is 3.59. The van der Waals surface area contributed by atoms with Gasteiger partial charge in [0.1, 0.15) is 5.75 Å². The second-order valence-corrected chi connectivity index (χ2v) is 5.93. The SMILES string of the molecule is C/C=C(\C=C(/C)NC)Nc1cc(COCC(C)C)cc(OC)c1. The molecule has 0 spiro atoms. The minimum Gasteiger partial charge on any atom is -0.497 e. The molecule has 128 valence electrons. The molecule has 0 bridgehead atoms. The largest absolute Gasteiger partial charge is 0.497 e. The van der Waals surface area contributed by atoms with Crippen LogP contribution in [0.1, 0.15) is 33.3 Å². The number of rotatable bonds is 9. The zero-order chi connectivity index (χ0) is 17.2. The monoisotopic (exact) mass is 318 g/mol. The van der Waals surface area contributed by atoms with Gasteiger partial charge in [-0.05, 0) is 43.5 Å². The lowest BCUT2D eigenvalue weighted by Gasteiger charge is -2.13. The van der Waals surface area contributed by atoms with Crippen molar-refractivity contribution in [3.05, 3.63) is 47.3 Å². The Bertz CT molecular complexity index is 548. The summed E-state index contributed by atoms with van der Waals surface area (Å²) in [5.41, 5.74) is 4.20. The predicted molar refractivity (Wildman–Crippen MR) is 97.7 cm³/mol. The molecule has 0 aliphatic carbocycles. The first-order valence-electron chi connectivity index (χ1n) is 8.03. The van der Waals surface area contributed by atoms with E-state index in [4.69, 9.17) is 9.47 Å². The van der Waals surface area contributed by atoms with E-state index in [0.29, 0.717) is 12.5 Å². The van der Waals surface area contributed by atoms with Gasteiger partial charge in [-0.15, -0.1) is 0 Å². The summed E-state index contributed by atoms with van der Waals surface area (Å²) in [6.45, 7) is 9.67. The highest BCUT2D eigenvalue weighted by Gasteiger charge is 2.04. The lowest BCUT2D eigenvalue weighted by atomic mass is 10.2. The zero-order valence-electron chi connectivity index (χ0n) is 15.2. The summed E-state index contributed by atoms with van der Waals surface area (Å²) in [4.78, 5) is 0. The van der Waals surface area contributed by atoms with Crippen molar-refractivity contribution in [2.75, 3.05) is 26.1 Å². The summed E-state index contributed by atoms with van der Waals surface area (Å²) < 4.78 is 11.1. The van der Waals surface area contributed by atoms with Crippen molar-refractivity contribution in [1.82, 2.24) is 5.32 Å². The van der Waals surface area contributed by atoms with Crippen molar-refractivity contribution >= 4 is 5.69 Å². The Morgan fingerprint density at radius 3 is 2.57 bits per heavy atom. The molecule has 2 N–H and O–H groups in total. The molecule has 1 aromatic carbocycles. The number of hydrogen-bond donors (Lipinski definition) is 2. The maximum absolute atomic E-state index is 5.73. The zero-order valence-corrected chi connectivity index (χ0v) is 15.2. The van der Waals surface area contributed by atoms with E-state index >= 15 is 0 Å². The minimum atomic E-state index is 0.530. The van der Waals surface area contributed by atoms with E-state index in [1.807, 2.05) is 39.1 Å². The van der Waals surface area contributed by atoms with Gasteiger partial charge in [0.15, 0.2) is 0 Å². The molecule has 1 aromatic rings. The second-order valence-electron chi connectivity index (χ2n) is 5.93. The highest BCUT2D eigenvalue weighted by molar-refractivity contribution is 5.56. The maximum Gasteiger partial charge on any atom is 0.121 e. The number of ether oxygens (including phenoxy) is 2. The molecule has 0 saturated carbocycles. The molecule has 4 heteroatoms. The summed E-state index contributed by atoms with van der Waals surface area (Å²) >= 11 is 0. The molecule has 4 nitrogen and oxygen atoms in total. The van der Waals surface area contributed by atoms with Gasteiger partial charge in [0.05, 0.1) is 13.7 Å². The van der Waals surface area contributed by atoms with E-state index in [0.717, 1.165) is 35.0 Å². The van der Waals surface area contributed by atoms with Crippen LogP contribution in [-0.4, -0.2) is 20.8 Å². The van der Waals surface area contributed by atoms with Gasteiger partial charge in [-0.1, -0.05) is 19.9 Å². The molecular formula is C19H30N2O2. The van der Waals surface area contributed by atoms with Gasteiger partial charge in [-0.3, -0.25) is 0 Å². The summed E-state index contributed by atoms with van der Waals surface area (Å²) in [5, 5.41) is 6.54. The van der Waals surface area contributed by atoms with Gasteiger partial charge in [0.2, 0.25) is 0 Å². The van der Waals surface area contributed by atoms with Crippen molar-refractivity contribution in [2.45, 2.75) is 34.3 Å². The number of benzene rings is 1. The van der Waals surface area contributed by atoms with E-state index in [1.54, 1.807) is 7.11 Å². The number of methoxy groups -OCH3 is 1. The first-order valence-corrected chi connectivity index (χ1v) is 8.03. The molecule has 0 aromatic heterocycles. The average molecular weight is 318 g/mol. The smallest absolute Gasteiger partial charge is 0.121 e. The van der Waals surface area contributed by atoms with Crippen LogP contribution in [0.2, 0.25) is 0 Å². The van der Waals surface area contributed by atoms with Crippen molar-refractivity contribution in [3.8, 4) is 5.75 Å². The van der Waals surface area contributed by atoms with E-state index in [-0.39, 0.29) is 0 Å². The van der Waals surface area contributed by atoms with Crippen LogP contribution in [-0.2, 0) is 11.3 Å². The van der Waals surface area contributed by atoms with Crippen LogP contribution in [0.15, 0.2) is 41.7 Å². The molecule has 0 saturated heterocycles. The second kappa shape index (κ2) is 9.95. The van der Waals surface area contributed by atoms with Crippen LogP contribution >= 0.6 is 0 Å². The van der Waals surface area contributed by atoms with E-state index in [9.17, 15) is 0 Å². The van der Waals surface area contributed by atoms with Crippen LogP contribution in [0.3, 0.4) is 0 Å². The van der Waals surface area contributed by atoms with Gasteiger partial charge in [0.25, 0.3) is 0 Å². The van der Waals surface area contributed by atoms with Crippen LogP contribution in [0.5, 0.6) is 5.75 Å². The Kier molecular flexibility index (Phi) is 8.27. The van der Waals surface area contributed by atoms with E-state index < -0.39 is 0 Å². The lowest BCUT2D eigenvalue weighted by Crippen LogP contribution is -2.06. The molecule has 23 heavy (non-hydrogen) atoms. The maximum atomic E-state index is 5.73. The fourth-order valence-electron chi connectivity index (χ4n) is 2.01. The molecule has 0 unspecified atom stereocenters. The highest BCUT2D eigenvalue weighted by atomic mass is 16.5. The van der Waals surface area contributed by atoms with Crippen LogP contribution in [0, 0.1) is 5.92 Å². The number of hydrogen-bond acceptors (Lipinski definition) is 4. The Balaban J connectivity index is 2.88. The quantitative estimate of drug-likeness (QED) is 0.666. The van der Waals surface area contributed by atoms with Gasteiger partial charge in [0, 0.05) is 36.8 Å². The van der Waals surface area contributed by atoms with Gasteiger partial charge < -0.3 is 20.1 Å². The first kappa shape index (κ1) is 19.1. The molecule has 1 rings (SSSR count). The number of allylic oxidation sites excluding steroid dienone is 3. The molecule has 0 radical (unpaired) electrons. The summed E-state index contributed by atoms with van der Waals surface area (Å²) in [5.74, 6) is 1.35. The van der Waals surface area contributed by atoms with E-state index in [2.05, 4.69) is 36.6 Å². The fraction of sp³-hybridized carbons (Fsp3) is 0.474. The van der Waals surface area contributed by atoms with Crippen LogP contribution in [0.25, 0.3) is 0 Å². The predicted octanol–water partition coefficient (Wildman–Crippen LogP) is 4.31. The van der Waals surface area contributed by atoms with Gasteiger partial charge >= 0.3 is 0 Å². The summed E-state index contributed by atoms with van der Waals surface area (Å²) in [6, 6.07) is 6.09. The topological polar surface area (TPSA) is 42.5 Å². The van der Waals surface area contributed by atoms with Crippen molar-refractivity contribution < 1.29 is 9.47 Å². The Morgan fingerprint density at radius 1 is 1.26 bits per heavy atom. The third-order valence-corrected chi connectivity index (χ3v) is 3.29. The highest BCUT2D eigenvalue weighted by Crippen LogP contribution is 2.23. The first-order chi connectivity index (χ1) is 11.0. The molecule has 0 amide bonds. The number of anilines is 1. The van der Waals surface area contributed by atoms with Crippen molar-refractivity contribution in [1.29, 1.82) is 0 Å². The minimum absolute atomic E-state index is 0.530. The molecular weight excluding hydrogens is 288 g/mol. The van der Waals surface area contributed by atoms with Crippen molar-refractivity contribution in [2.24, 2.45) is 5.92 Å². The molecule has 0 aliphatic rings. The Labute approximate surface area is 140 Å². The summed E-state index contributed by atoms with van der Waals surface area (Å²) in [6.07, 6.45) is 4.10. The molecule has 0 atom stereocenters. The van der Waals surface area contributed by atoms with Crippen LogP contribution < -0.4 is 15.4 Å². The van der Waals surface area contributed by atoms with E-state index in [1.165, 1.54) is 0 Å². The third-order valence-electron chi connectivity index (χ3n) is 3.29. The average Bonchev–Trinajstić information content (AvgIpc) is 2.53. The molecule has 0 fully saturated rings. The Hall–Kier alpha value is -1.94. The fourth-order valence-corrected chi connectivity index (χ4v) is 2.01. The molecule has 0 heterocycles. The molecule has 0 aliphatic heterocycles. The van der Waals surface area contributed by atoms with Gasteiger partial charge in [-0.25, -0.2) is 0 Å². The lowest BCUT2D eigenvalue weighted by molar-refractivity contribution is 0.0970. The Morgan fingerprint density at radius 2 is 2.00 bits per heavy atom. The normalized spacial score (nSPS) is 12.5. The third kappa shape index (κ3) is 7.24. The van der Waals surface area contributed by atoms with Gasteiger partial charge in [-0.2, -0.15) is 0 Å². The number of nitrogens with one attached hydrogen (secondary N) is 2. The van der Waals surface area contributed by atoms with Crippen LogP contribution in [0.4, 0.5) is 5.69 Å².